The first-order chi connectivity index (χ1) is 7.63. The van der Waals surface area contributed by atoms with E-state index in [1.54, 1.807) is 18.2 Å². The second-order valence-electron chi connectivity index (χ2n) is 3.66. The highest BCUT2D eigenvalue weighted by Gasteiger charge is 2.24. The Hall–Kier alpha value is -1.10. The van der Waals surface area contributed by atoms with Crippen molar-refractivity contribution in [3.8, 4) is 0 Å². The van der Waals surface area contributed by atoms with Crippen LogP contribution in [0.3, 0.4) is 0 Å². The Morgan fingerprint density at radius 1 is 1.44 bits per heavy atom. The number of esters is 1. The van der Waals surface area contributed by atoms with Crippen molar-refractivity contribution in [1.29, 1.82) is 0 Å². The van der Waals surface area contributed by atoms with Gasteiger partial charge in [0.05, 0.1) is 17.5 Å². The Bertz CT molecular complexity index is 418. The summed E-state index contributed by atoms with van der Waals surface area (Å²) < 4.78 is 4.84. The van der Waals surface area contributed by atoms with Crippen LogP contribution in [0.5, 0.6) is 0 Å². The van der Waals surface area contributed by atoms with Crippen molar-refractivity contribution in [3.63, 3.8) is 0 Å². The first kappa shape index (κ1) is 11.4. The zero-order valence-electron chi connectivity index (χ0n) is 8.39. The number of rotatable bonds is 3. The van der Waals surface area contributed by atoms with Crippen molar-refractivity contribution in [3.05, 3.63) is 34.9 Å². The SMILES string of the molecule is O=C1OCc2cc(C(O)C(O)CCl)ccc21. The van der Waals surface area contributed by atoms with Gasteiger partial charge in [0.25, 0.3) is 0 Å². The first-order valence-electron chi connectivity index (χ1n) is 4.85. The summed E-state index contributed by atoms with van der Waals surface area (Å²) in [5.41, 5.74) is 1.77. The lowest BCUT2D eigenvalue weighted by atomic mass is 10.00. The normalized spacial score (nSPS) is 17.8. The summed E-state index contributed by atoms with van der Waals surface area (Å²) in [7, 11) is 0. The van der Waals surface area contributed by atoms with Crippen LogP contribution in [-0.4, -0.2) is 28.2 Å². The minimum Gasteiger partial charge on any atom is -0.457 e. The number of cyclic esters (lactones) is 1. The van der Waals surface area contributed by atoms with E-state index in [1.807, 2.05) is 0 Å². The fourth-order valence-corrected chi connectivity index (χ4v) is 1.81. The molecule has 0 amide bonds. The highest BCUT2D eigenvalue weighted by molar-refractivity contribution is 6.18. The van der Waals surface area contributed by atoms with Crippen molar-refractivity contribution in [2.24, 2.45) is 0 Å². The number of alkyl halides is 1. The van der Waals surface area contributed by atoms with Crippen LogP contribution < -0.4 is 0 Å². The van der Waals surface area contributed by atoms with Crippen molar-refractivity contribution in [2.45, 2.75) is 18.8 Å². The molecule has 1 aromatic carbocycles. The van der Waals surface area contributed by atoms with Crippen molar-refractivity contribution >= 4 is 17.6 Å². The molecule has 2 unspecified atom stereocenters. The molecule has 2 N–H and O–H groups in total. The van der Waals surface area contributed by atoms with Gasteiger partial charge in [0.15, 0.2) is 0 Å². The Morgan fingerprint density at radius 2 is 2.19 bits per heavy atom. The van der Waals surface area contributed by atoms with E-state index < -0.39 is 12.2 Å². The van der Waals surface area contributed by atoms with Gasteiger partial charge in [-0.05, 0) is 17.7 Å². The third-order valence-electron chi connectivity index (χ3n) is 2.57. The summed E-state index contributed by atoms with van der Waals surface area (Å²) >= 11 is 5.45. The maximum absolute atomic E-state index is 11.2. The van der Waals surface area contributed by atoms with Gasteiger partial charge in [-0.3, -0.25) is 0 Å². The topological polar surface area (TPSA) is 66.8 Å². The van der Waals surface area contributed by atoms with Gasteiger partial charge in [-0.1, -0.05) is 6.07 Å². The van der Waals surface area contributed by atoms with Crippen LogP contribution in [0.2, 0.25) is 0 Å². The fourth-order valence-electron chi connectivity index (χ4n) is 1.64. The summed E-state index contributed by atoms with van der Waals surface area (Å²) in [6, 6.07) is 4.83. The van der Waals surface area contributed by atoms with Crippen molar-refractivity contribution in [2.75, 3.05) is 5.88 Å². The van der Waals surface area contributed by atoms with Gasteiger partial charge < -0.3 is 14.9 Å². The Labute approximate surface area is 97.4 Å². The zero-order chi connectivity index (χ0) is 11.7. The Balaban J connectivity index is 2.28. The number of fused-ring (bicyclic) bond motifs is 1. The molecular weight excluding hydrogens is 232 g/mol. The second-order valence-corrected chi connectivity index (χ2v) is 3.97. The molecule has 1 aromatic rings. The molecule has 0 aromatic heterocycles. The largest absolute Gasteiger partial charge is 0.457 e. The lowest BCUT2D eigenvalue weighted by Crippen LogP contribution is -2.19. The molecule has 86 valence electrons. The van der Waals surface area contributed by atoms with E-state index in [9.17, 15) is 15.0 Å². The summed E-state index contributed by atoms with van der Waals surface area (Å²) in [4.78, 5) is 11.2. The van der Waals surface area contributed by atoms with E-state index in [1.165, 1.54) is 0 Å². The van der Waals surface area contributed by atoms with Crippen LogP contribution in [0.25, 0.3) is 0 Å². The fraction of sp³-hybridized carbons (Fsp3) is 0.364. The van der Waals surface area contributed by atoms with Crippen LogP contribution in [0.15, 0.2) is 18.2 Å². The maximum atomic E-state index is 11.2. The number of aliphatic hydroxyl groups is 2. The quantitative estimate of drug-likeness (QED) is 0.613. The van der Waals surface area contributed by atoms with Gasteiger partial charge in [0.2, 0.25) is 0 Å². The van der Waals surface area contributed by atoms with Crippen LogP contribution in [-0.2, 0) is 11.3 Å². The molecule has 0 radical (unpaired) electrons. The molecule has 0 spiro atoms. The number of carbonyl (C=O) groups excluding carboxylic acids is 1. The van der Waals surface area contributed by atoms with E-state index in [4.69, 9.17) is 16.3 Å². The van der Waals surface area contributed by atoms with Gasteiger partial charge in [0, 0.05) is 5.56 Å². The smallest absolute Gasteiger partial charge is 0.338 e. The molecule has 5 heteroatoms. The molecule has 2 rings (SSSR count). The predicted molar refractivity (Wildman–Crippen MR) is 57.2 cm³/mol. The minimum atomic E-state index is -1.04. The predicted octanol–water partition coefficient (Wildman–Crippen LogP) is 0.990. The third-order valence-corrected chi connectivity index (χ3v) is 2.89. The first-order valence-corrected chi connectivity index (χ1v) is 5.39. The Kier molecular flexibility index (Phi) is 3.14. The lowest BCUT2D eigenvalue weighted by Gasteiger charge is -2.16. The van der Waals surface area contributed by atoms with Crippen molar-refractivity contribution in [1.82, 2.24) is 0 Å². The van der Waals surface area contributed by atoms with E-state index >= 15 is 0 Å². The van der Waals surface area contributed by atoms with E-state index in [0.29, 0.717) is 11.1 Å². The second kappa shape index (κ2) is 4.41. The molecule has 0 fully saturated rings. The molecule has 0 bridgehead atoms. The minimum absolute atomic E-state index is 0.0479. The molecule has 0 saturated carbocycles. The van der Waals surface area contributed by atoms with Crippen LogP contribution in [0.1, 0.15) is 27.6 Å². The summed E-state index contributed by atoms with van der Waals surface area (Å²) in [6.07, 6.45) is -2.06. The number of benzene rings is 1. The van der Waals surface area contributed by atoms with Gasteiger partial charge in [-0.15, -0.1) is 11.6 Å². The number of ether oxygens (including phenoxy) is 1. The molecule has 4 nitrogen and oxygen atoms in total. The summed E-state index contributed by atoms with van der Waals surface area (Å²) in [5.74, 6) is -0.401. The number of carbonyl (C=O) groups is 1. The van der Waals surface area contributed by atoms with E-state index in [0.717, 1.165) is 5.56 Å². The molecule has 1 aliphatic rings. The van der Waals surface area contributed by atoms with Gasteiger partial charge in [0.1, 0.15) is 12.7 Å². The summed E-state index contributed by atoms with van der Waals surface area (Å²) in [5, 5.41) is 19.1. The maximum Gasteiger partial charge on any atom is 0.338 e. The van der Waals surface area contributed by atoms with Gasteiger partial charge in [-0.2, -0.15) is 0 Å². The van der Waals surface area contributed by atoms with Crippen LogP contribution in [0.4, 0.5) is 0 Å². The van der Waals surface area contributed by atoms with Gasteiger partial charge >= 0.3 is 5.97 Å². The average Bonchev–Trinajstić information content (AvgIpc) is 2.68. The van der Waals surface area contributed by atoms with Crippen molar-refractivity contribution < 1.29 is 19.7 Å². The lowest BCUT2D eigenvalue weighted by molar-refractivity contribution is 0.0326. The molecule has 1 heterocycles. The van der Waals surface area contributed by atoms with Crippen LogP contribution >= 0.6 is 11.6 Å². The molecule has 0 aliphatic carbocycles. The standard InChI is InChI=1S/C11H11ClO4/c12-4-9(13)10(14)6-1-2-8-7(3-6)5-16-11(8)15/h1-3,9-10,13-14H,4-5H2. The van der Waals surface area contributed by atoms with Crippen LogP contribution in [0, 0.1) is 0 Å². The number of hydrogen-bond acceptors (Lipinski definition) is 4. The highest BCUT2D eigenvalue weighted by atomic mass is 35.5. The number of halogens is 1. The highest BCUT2D eigenvalue weighted by Crippen LogP contribution is 2.25. The average molecular weight is 243 g/mol. The monoisotopic (exact) mass is 242 g/mol. The molecule has 2 atom stereocenters. The molecular formula is C11H11ClO4. The molecule has 16 heavy (non-hydrogen) atoms. The number of aliphatic hydroxyl groups excluding tert-OH is 2. The summed E-state index contributed by atoms with van der Waals surface area (Å²) in [6.45, 7) is 0.214. The van der Waals surface area contributed by atoms with E-state index in [-0.39, 0.29) is 18.5 Å². The zero-order valence-corrected chi connectivity index (χ0v) is 9.15. The molecule has 0 saturated heterocycles. The number of hydrogen-bond donors (Lipinski definition) is 2. The van der Waals surface area contributed by atoms with Gasteiger partial charge in [-0.25, -0.2) is 4.79 Å². The third kappa shape index (κ3) is 1.91. The Morgan fingerprint density at radius 3 is 2.88 bits per heavy atom. The molecule has 1 aliphatic heterocycles. The van der Waals surface area contributed by atoms with E-state index in [2.05, 4.69) is 0 Å².